The summed E-state index contributed by atoms with van der Waals surface area (Å²) >= 11 is 0. The number of ether oxygens (including phenoxy) is 1. The van der Waals surface area contributed by atoms with Crippen LogP contribution in [-0.2, 0) is 16.0 Å². The third kappa shape index (κ3) is 4.64. The molecular weight excluding hydrogens is 260 g/mol. The summed E-state index contributed by atoms with van der Waals surface area (Å²) < 4.78 is 5.13. The van der Waals surface area contributed by atoms with Gasteiger partial charge in [-0.15, -0.1) is 0 Å². The van der Waals surface area contributed by atoms with Crippen LogP contribution in [0.4, 0.5) is 0 Å². The highest BCUT2D eigenvalue weighted by Gasteiger charge is 2.19. The lowest BCUT2D eigenvalue weighted by Gasteiger charge is -2.14. The Morgan fingerprint density at radius 2 is 1.75 bits per heavy atom. The van der Waals surface area contributed by atoms with E-state index in [9.17, 15) is 9.59 Å². The van der Waals surface area contributed by atoms with Gasteiger partial charge >= 0.3 is 11.9 Å². The molecular formula is C14H20N2O4. The Kier molecular flexibility index (Phi) is 5.66. The highest BCUT2D eigenvalue weighted by Crippen LogP contribution is 2.14. The minimum Gasteiger partial charge on any atom is -0.480 e. The van der Waals surface area contributed by atoms with Crippen LogP contribution in [0.15, 0.2) is 24.3 Å². The third-order valence-corrected chi connectivity index (χ3v) is 2.91. The number of carboxylic acids is 1. The van der Waals surface area contributed by atoms with Crippen molar-refractivity contribution in [3.8, 4) is 5.75 Å². The number of rotatable bonds is 6. The monoisotopic (exact) mass is 280 g/mol. The molecule has 0 fully saturated rings. The van der Waals surface area contributed by atoms with E-state index in [2.05, 4.69) is 0 Å². The average molecular weight is 280 g/mol. The molecule has 110 valence electrons. The van der Waals surface area contributed by atoms with Gasteiger partial charge in [0, 0.05) is 0 Å². The van der Waals surface area contributed by atoms with Crippen molar-refractivity contribution in [2.75, 3.05) is 0 Å². The van der Waals surface area contributed by atoms with Crippen LogP contribution in [0, 0.1) is 5.92 Å². The Balaban J connectivity index is 2.63. The van der Waals surface area contributed by atoms with E-state index >= 15 is 0 Å². The zero-order valence-electron chi connectivity index (χ0n) is 11.6. The molecule has 0 saturated carbocycles. The Bertz CT molecular complexity index is 471. The molecule has 0 unspecified atom stereocenters. The number of carboxylic acid groups (broad SMARTS) is 1. The van der Waals surface area contributed by atoms with Crippen molar-refractivity contribution in [1.82, 2.24) is 0 Å². The number of nitrogens with two attached hydrogens (primary N) is 2. The molecule has 0 saturated heterocycles. The molecule has 6 heteroatoms. The molecule has 0 bridgehead atoms. The van der Waals surface area contributed by atoms with E-state index in [1.807, 2.05) is 13.8 Å². The predicted molar refractivity (Wildman–Crippen MR) is 74.2 cm³/mol. The van der Waals surface area contributed by atoms with Gasteiger partial charge in [-0.1, -0.05) is 26.0 Å². The van der Waals surface area contributed by atoms with Crippen LogP contribution in [-0.4, -0.2) is 29.1 Å². The Morgan fingerprint density at radius 1 is 1.20 bits per heavy atom. The minimum atomic E-state index is -1.05. The zero-order valence-corrected chi connectivity index (χ0v) is 11.6. The van der Waals surface area contributed by atoms with Crippen LogP contribution in [0.25, 0.3) is 0 Å². The SMILES string of the molecule is CC(C)[C@H](N)C(=O)Oc1ccc(C[C@H](N)C(=O)O)cc1. The van der Waals surface area contributed by atoms with Crippen LogP contribution in [0.2, 0.25) is 0 Å². The second kappa shape index (κ2) is 7.02. The van der Waals surface area contributed by atoms with Gasteiger partial charge in [0.1, 0.15) is 17.8 Å². The van der Waals surface area contributed by atoms with Crippen molar-refractivity contribution in [2.45, 2.75) is 32.4 Å². The van der Waals surface area contributed by atoms with E-state index in [0.717, 1.165) is 5.56 Å². The molecule has 0 heterocycles. The number of hydrogen-bond donors (Lipinski definition) is 3. The maximum atomic E-state index is 11.7. The molecule has 6 nitrogen and oxygen atoms in total. The number of hydrogen-bond acceptors (Lipinski definition) is 5. The fourth-order valence-corrected chi connectivity index (χ4v) is 1.49. The molecule has 0 aliphatic rings. The summed E-state index contributed by atoms with van der Waals surface area (Å²) in [6.45, 7) is 3.67. The average Bonchev–Trinajstić information content (AvgIpc) is 2.39. The summed E-state index contributed by atoms with van der Waals surface area (Å²) in [5.74, 6) is -1.17. The topological polar surface area (TPSA) is 116 Å². The van der Waals surface area contributed by atoms with Crippen molar-refractivity contribution >= 4 is 11.9 Å². The summed E-state index contributed by atoms with van der Waals surface area (Å²) in [4.78, 5) is 22.3. The van der Waals surface area contributed by atoms with Crippen molar-refractivity contribution in [3.63, 3.8) is 0 Å². The van der Waals surface area contributed by atoms with Gasteiger partial charge in [-0.25, -0.2) is 4.79 Å². The molecule has 1 aromatic rings. The standard InChI is InChI=1S/C14H20N2O4/c1-8(2)12(16)14(19)20-10-5-3-9(4-6-10)7-11(15)13(17)18/h3-6,8,11-12H,7,15-16H2,1-2H3,(H,17,18)/t11-,12-/m0/s1. The number of carbonyl (C=O) groups excluding carboxylic acids is 1. The number of aliphatic carboxylic acids is 1. The highest BCUT2D eigenvalue weighted by molar-refractivity contribution is 5.78. The van der Waals surface area contributed by atoms with E-state index in [-0.39, 0.29) is 12.3 Å². The Labute approximate surface area is 117 Å². The molecule has 0 spiro atoms. The van der Waals surface area contributed by atoms with Crippen molar-refractivity contribution in [1.29, 1.82) is 0 Å². The third-order valence-electron chi connectivity index (χ3n) is 2.91. The van der Waals surface area contributed by atoms with Crippen LogP contribution >= 0.6 is 0 Å². The molecule has 0 amide bonds. The largest absolute Gasteiger partial charge is 0.480 e. The fraction of sp³-hybridized carbons (Fsp3) is 0.429. The zero-order chi connectivity index (χ0) is 15.3. The fourth-order valence-electron chi connectivity index (χ4n) is 1.49. The van der Waals surface area contributed by atoms with E-state index < -0.39 is 24.0 Å². The highest BCUT2D eigenvalue weighted by atomic mass is 16.5. The first-order valence-corrected chi connectivity index (χ1v) is 6.36. The van der Waals surface area contributed by atoms with Gasteiger partial charge in [0.15, 0.2) is 0 Å². The maximum absolute atomic E-state index is 11.7. The van der Waals surface area contributed by atoms with Crippen LogP contribution in [0.1, 0.15) is 19.4 Å². The lowest BCUT2D eigenvalue weighted by atomic mass is 10.1. The molecule has 0 aromatic heterocycles. The van der Waals surface area contributed by atoms with Gasteiger partial charge in [-0.3, -0.25) is 4.79 Å². The molecule has 0 radical (unpaired) electrons. The smallest absolute Gasteiger partial charge is 0.328 e. The van der Waals surface area contributed by atoms with Crippen molar-refractivity contribution in [2.24, 2.45) is 17.4 Å². The predicted octanol–water partition coefficient (Wildman–Crippen LogP) is 0.530. The first kappa shape index (κ1) is 16.1. The number of carbonyl (C=O) groups is 2. The summed E-state index contributed by atoms with van der Waals surface area (Å²) in [5.41, 5.74) is 11.9. The summed E-state index contributed by atoms with van der Waals surface area (Å²) in [7, 11) is 0. The van der Waals surface area contributed by atoms with E-state index in [0.29, 0.717) is 5.75 Å². The summed E-state index contributed by atoms with van der Waals surface area (Å²) in [6.07, 6.45) is 0.217. The lowest BCUT2D eigenvalue weighted by Crippen LogP contribution is -2.38. The van der Waals surface area contributed by atoms with Crippen molar-refractivity contribution < 1.29 is 19.4 Å². The van der Waals surface area contributed by atoms with Gasteiger partial charge < -0.3 is 21.3 Å². The van der Waals surface area contributed by atoms with E-state index in [4.69, 9.17) is 21.3 Å². The van der Waals surface area contributed by atoms with Gasteiger partial charge in [-0.05, 0) is 30.0 Å². The second-order valence-electron chi connectivity index (χ2n) is 4.98. The van der Waals surface area contributed by atoms with E-state index in [1.54, 1.807) is 24.3 Å². The Morgan fingerprint density at radius 3 is 2.20 bits per heavy atom. The van der Waals surface area contributed by atoms with Crippen LogP contribution in [0.3, 0.4) is 0 Å². The van der Waals surface area contributed by atoms with Gasteiger partial charge in [0.05, 0.1) is 0 Å². The summed E-state index contributed by atoms with van der Waals surface area (Å²) in [6, 6.07) is 4.91. The molecule has 1 aromatic carbocycles. The van der Waals surface area contributed by atoms with Crippen LogP contribution < -0.4 is 16.2 Å². The first-order chi connectivity index (χ1) is 9.31. The van der Waals surface area contributed by atoms with Crippen molar-refractivity contribution in [3.05, 3.63) is 29.8 Å². The normalized spacial score (nSPS) is 13.8. The minimum absolute atomic E-state index is 0.00432. The number of esters is 1. The van der Waals surface area contributed by atoms with Gasteiger partial charge in [0.25, 0.3) is 0 Å². The van der Waals surface area contributed by atoms with Crippen LogP contribution in [0.5, 0.6) is 5.75 Å². The molecule has 0 aliphatic heterocycles. The molecule has 2 atom stereocenters. The molecule has 1 rings (SSSR count). The maximum Gasteiger partial charge on any atom is 0.328 e. The number of benzene rings is 1. The first-order valence-electron chi connectivity index (χ1n) is 6.36. The summed E-state index contributed by atoms with van der Waals surface area (Å²) in [5, 5.41) is 8.72. The van der Waals surface area contributed by atoms with E-state index in [1.165, 1.54) is 0 Å². The lowest BCUT2D eigenvalue weighted by molar-refractivity contribution is -0.138. The van der Waals surface area contributed by atoms with Gasteiger partial charge in [0.2, 0.25) is 0 Å². The molecule has 5 N–H and O–H groups in total. The quantitative estimate of drug-likeness (QED) is 0.517. The second-order valence-corrected chi connectivity index (χ2v) is 4.98. The Hall–Kier alpha value is -1.92. The van der Waals surface area contributed by atoms with Gasteiger partial charge in [-0.2, -0.15) is 0 Å². The molecule has 0 aliphatic carbocycles. The molecule has 20 heavy (non-hydrogen) atoms.